The number of aromatic nitrogens is 2. The van der Waals surface area contributed by atoms with Gasteiger partial charge in [-0.15, -0.1) is 0 Å². The summed E-state index contributed by atoms with van der Waals surface area (Å²) in [7, 11) is 3.34. The number of aliphatic hydroxyl groups is 1. The number of anilines is 1. The van der Waals surface area contributed by atoms with Crippen molar-refractivity contribution in [1.82, 2.24) is 14.9 Å². The molecule has 0 unspecified atom stereocenters. The molecule has 30 heavy (non-hydrogen) atoms. The van der Waals surface area contributed by atoms with E-state index in [1.165, 1.54) is 7.05 Å². The average molecular weight is 414 g/mol. The van der Waals surface area contributed by atoms with E-state index in [4.69, 9.17) is 0 Å². The number of carbonyl (C=O) groups is 1. The number of nitrogens with zero attached hydrogens (tertiary/aromatic N) is 2. The van der Waals surface area contributed by atoms with Gasteiger partial charge in [-0.25, -0.2) is 13.8 Å². The number of nitrogens with one attached hydrogen (secondary N) is 2. The van der Waals surface area contributed by atoms with Crippen molar-refractivity contribution < 1.29 is 18.7 Å². The standard InChI is InChI=1S/C22H24F2N4O2/c1-11-26-19-15(28(11)3)9-14(22(30)25-2)17-13(10-16(23)24)21(29)18(27-20(17)19)12-7-5-4-6-8-12/h4-9,13,16,18,21,27,29H,10H2,1-3H3,(H,25,30)/t13-,18-,21-/m1/s1. The second-order valence-electron chi connectivity index (χ2n) is 7.63. The highest BCUT2D eigenvalue weighted by atomic mass is 19.3. The number of carbonyl (C=O) groups excluding carboxylic acids is 1. The summed E-state index contributed by atoms with van der Waals surface area (Å²) in [5.74, 6) is -0.584. The van der Waals surface area contributed by atoms with Gasteiger partial charge in [-0.2, -0.15) is 0 Å². The van der Waals surface area contributed by atoms with Crippen molar-refractivity contribution in [3.63, 3.8) is 0 Å². The molecule has 2 aromatic carbocycles. The number of alkyl halides is 2. The first kappa shape index (κ1) is 20.3. The van der Waals surface area contributed by atoms with Crippen LogP contribution in [0.25, 0.3) is 11.0 Å². The number of aliphatic hydroxyl groups excluding tert-OH is 1. The lowest BCUT2D eigenvalue weighted by Gasteiger charge is -2.39. The third-order valence-corrected chi connectivity index (χ3v) is 5.93. The van der Waals surface area contributed by atoms with Crippen molar-refractivity contribution in [1.29, 1.82) is 0 Å². The number of benzene rings is 2. The van der Waals surface area contributed by atoms with Crippen LogP contribution in [-0.2, 0) is 7.05 Å². The van der Waals surface area contributed by atoms with Crippen molar-refractivity contribution in [2.45, 2.75) is 37.8 Å². The molecule has 2 heterocycles. The molecular weight excluding hydrogens is 390 g/mol. The molecule has 0 radical (unpaired) electrons. The summed E-state index contributed by atoms with van der Waals surface area (Å²) in [5, 5.41) is 17.0. The third-order valence-electron chi connectivity index (χ3n) is 5.93. The molecule has 0 saturated carbocycles. The van der Waals surface area contributed by atoms with Crippen LogP contribution in [-0.4, -0.2) is 40.1 Å². The van der Waals surface area contributed by atoms with Gasteiger partial charge in [0.25, 0.3) is 5.91 Å². The molecule has 6 nitrogen and oxygen atoms in total. The molecule has 3 N–H and O–H groups in total. The van der Waals surface area contributed by atoms with E-state index >= 15 is 0 Å². The van der Waals surface area contributed by atoms with E-state index in [0.29, 0.717) is 16.8 Å². The van der Waals surface area contributed by atoms with Crippen LogP contribution in [0.3, 0.4) is 0 Å². The van der Waals surface area contributed by atoms with Crippen LogP contribution in [0.2, 0.25) is 0 Å². The molecule has 4 rings (SSSR count). The summed E-state index contributed by atoms with van der Waals surface area (Å²) >= 11 is 0. The van der Waals surface area contributed by atoms with Crippen LogP contribution in [0.4, 0.5) is 14.5 Å². The van der Waals surface area contributed by atoms with Gasteiger partial charge in [-0.1, -0.05) is 30.3 Å². The fourth-order valence-corrected chi connectivity index (χ4v) is 4.34. The Kier molecular flexibility index (Phi) is 5.19. The van der Waals surface area contributed by atoms with Gasteiger partial charge in [0.15, 0.2) is 0 Å². The third kappa shape index (κ3) is 3.21. The van der Waals surface area contributed by atoms with E-state index in [9.17, 15) is 18.7 Å². The Balaban J connectivity index is 2.02. The second kappa shape index (κ2) is 7.68. The van der Waals surface area contributed by atoms with Gasteiger partial charge in [0.1, 0.15) is 11.3 Å². The minimum atomic E-state index is -2.63. The van der Waals surface area contributed by atoms with Gasteiger partial charge in [-0.3, -0.25) is 4.79 Å². The number of hydrogen-bond donors (Lipinski definition) is 3. The molecule has 1 aliphatic heterocycles. The highest BCUT2D eigenvalue weighted by molar-refractivity contribution is 6.04. The molecule has 0 aliphatic carbocycles. The molecule has 0 bridgehead atoms. The van der Waals surface area contributed by atoms with Gasteiger partial charge >= 0.3 is 0 Å². The highest BCUT2D eigenvalue weighted by Crippen LogP contribution is 2.47. The smallest absolute Gasteiger partial charge is 0.251 e. The van der Waals surface area contributed by atoms with Gasteiger partial charge in [-0.05, 0) is 24.1 Å². The molecule has 0 saturated heterocycles. The second-order valence-corrected chi connectivity index (χ2v) is 7.63. The monoisotopic (exact) mass is 414 g/mol. The fourth-order valence-electron chi connectivity index (χ4n) is 4.34. The topological polar surface area (TPSA) is 79.2 Å². The molecular formula is C22H24F2N4O2. The highest BCUT2D eigenvalue weighted by Gasteiger charge is 2.41. The summed E-state index contributed by atoms with van der Waals surface area (Å²) in [5.41, 5.74) is 3.29. The predicted octanol–water partition coefficient (Wildman–Crippen LogP) is 3.51. The van der Waals surface area contributed by atoms with Gasteiger partial charge in [0.05, 0.1) is 23.3 Å². The van der Waals surface area contributed by atoms with Crippen molar-refractivity contribution in [2.24, 2.45) is 7.05 Å². The SMILES string of the molecule is CNC(=O)c1cc2c(nc(C)n2C)c2c1[C@@H](CC(F)F)[C@@H](O)[C@@H](c1ccccc1)N2. The normalized spacial score (nSPS) is 20.8. The van der Waals surface area contributed by atoms with E-state index in [1.807, 2.05) is 48.9 Å². The Morgan fingerprint density at radius 2 is 2.03 bits per heavy atom. The van der Waals surface area contributed by atoms with Gasteiger partial charge < -0.3 is 20.3 Å². The number of aryl methyl sites for hydroxylation is 2. The zero-order chi connectivity index (χ0) is 21.6. The van der Waals surface area contributed by atoms with Crippen LogP contribution < -0.4 is 10.6 Å². The maximum atomic E-state index is 13.6. The lowest BCUT2D eigenvalue weighted by molar-refractivity contribution is 0.0637. The number of fused-ring (bicyclic) bond motifs is 3. The largest absolute Gasteiger partial charge is 0.390 e. The summed E-state index contributed by atoms with van der Waals surface area (Å²) in [4.78, 5) is 17.3. The fraction of sp³-hybridized carbons (Fsp3) is 0.364. The first-order valence-corrected chi connectivity index (χ1v) is 9.83. The number of imidazole rings is 1. The average Bonchev–Trinajstić information content (AvgIpc) is 3.03. The Morgan fingerprint density at radius 3 is 2.67 bits per heavy atom. The summed E-state index contributed by atoms with van der Waals surface area (Å²) in [6.45, 7) is 1.84. The van der Waals surface area contributed by atoms with E-state index in [2.05, 4.69) is 15.6 Å². The lowest BCUT2D eigenvalue weighted by atomic mass is 9.77. The molecule has 8 heteroatoms. The summed E-state index contributed by atoms with van der Waals surface area (Å²) in [6.07, 6.45) is -4.33. The van der Waals surface area contributed by atoms with Crippen molar-refractivity contribution in [2.75, 3.05) is 12.4 Å². The minimum absolute atomic E-state index is 0.270. The molecule has 3 aromatic rings. The van der Waals surface area contributed by atoms with Gasteiger partial charge in [0, 0.05) is 32.0 Å². The van der Waals surface area contributed by atoms with Crippen LogP contribution >= 0.6 is 0 Å². The molecule has 158 valence electrons. The Morgan fingerprint density at radius 1 is 1.33 bits per heavy atom. The molecule has 1 aliphatic rings. The first-order chi connectivity index (χ1) is 14.3. The van der Waals surface area contributed by atoms with E-state index < -0.39 is 36.8 Å². The van der Waals surface area contributed by atoms with Crippen molar-refractivity contribution >= 4 is 22.6 Å². The summed E-state index contributed by atoms with van der Waals surface area (Å²) in [6, 6.07) is 10.3. The molecule has 0 fully saturated rings. The van der Waals surface area contributed by atoms with Crippen molar-refractivity contribution in [3.05, 3.63) is 58.9 Å². The molecule has 1 aromatic heterocycles. The molecule has 3 atom stereocenters. The summed E-state index contributed by atoms with van der Waals surface area (Å²) < 4.78 is 29.0. The number of halogens is 2. The van der Waals surface area contributed by atoms with Crippen LogP contribution in [0.15, 0.2) is 36.4 Å². The van der Waals surface area contributed by atoms with Crippen LogP contribution in [0, 0.1) is 6.92 Å². The Hall–Kier alpha value is -3.00. The zero-order valence-corrected chi connectivity index (χ0v) is 17.0. The van der Waals surface area contributed by atoms with E-state index in [-0.39, 0.29) is 5.56 Å². The molecule has 0 spiro atoms. The lowest BCUT2D eigenvalue weighted by Crippen LogP contribution is -2.38. The zero-order valence-electron chi connectivity index (χ0n) is 17.0. The van der Waals surface area contributed by atoms with E-state index in [1.54, 1.807) is 6.07 Å². The van der Waals surface area contributed by atoms with Gasteiger partial charge in [0.2, 0.25) is 6.43 Å². The quantitative estimate of drug-likeness (QED) is 0.611. The first-order valence-electron chi connectivity index (χ1n) is 9.83. The number of hydrogen-bond acceptors (Lipinski definition) is 4. The van der Waals surface area contributed by atoms with Crippen LogP contribution in [0.1, 0.15) is 45.7 Å². The van der Waals surface area contributed by atoms with Crippen LogP contribution in [0.5, 0.6) is 0 Å². The predicted molar refractivity (Wildman–Crippen MR) is 111 cm³/mol. The number of amides is 1. The number of rotatable bonds is 4. The maximum absolute atomic E-state index is 13.6. The van der Waals surface area contributed by atoms with Crippen molar-refractivity contribution in [3.8, 4) is 0 Å². The Labute approximate surface area is 172 Å². The molecule has 1 amide bonds. The maximum Gasteiger partial charge on any atom is 0.251 e. The Bertz CT molecular complexity index is 1100. The van der Waals surface area contributed by atoms with E-state index in [0.717, 1.165) is 16.9 Å². The minimum Gasteiger partial charge on any atom is -0.390 e.